The maximum Gasteiger partial charge on any atom is 0.337 e. The first-order valence-corrected chi connectivity index (χ1v) is 8.87. The fraction of sp³-hybridized carbons (Fsp3) is 0.125. The molecule has 124 valence electrons. The molecule has 0 amide bonds. The summed E-state index contributed by atoms with van der Waals surface area (Å²) in [6, 6.07) is 11.0. The summed E-state index contributed by atoms with van der Waals surface area (Å²) in [5.74, 6) is 0.154. The van der Waals surface area contributed by atoms with E-state index in [-0.39, 0.29) is 0 Å². The molecule has 0 saturated carbocycles. The largest absolute Gasteiger partial charge is 0.495 e. The lowest BCUT2D eigenvalue weighted by Crippen LogP contribution is -2.02. The number of nitrogens with zero attached hydrogens (tertiary/aromatic N) is 1. The number of hydrogen-bond donors (Lipinski definition) is 1. The Bertz CT molecular complexity index is 898. The molecule has 24 heavy (non-hydrogen) atoms. The summed E-state index contributed by atoms with van der Waals surface area (Å²) in [6.45, 7) is 0. The molecule has 5 nitrogen and oxygen atoms in total. The van der Waals surface area contributed by atoms with Crippen LogP contribution in [0.5, 0.6) is 5.75 Å². The first-order chi connectivity index (χ1) is 11.6. The number of methoxy groups -OCH3 is 2. The van der Waals surface area contributed by atoms with Crippen molar-refractivity contribution in [2.24, 2.45) is 0 Å². The lowest BCUT2D eigenvalue weighted by atomic mass is 10.2. The highest BCUT2D eigenvalue weighted by Gasteiger charge is 2.11. The first-order valence-electron chi connectivity index (χ1n) is 6.86. The Kier molecular flexibility index (Phi) is 5.13. The number of thiazole rings is 1. The van der Waals surface area contributed by atoms with Crippen LogP contribution in [0.3, 0.4) is 0 Å². The lowest BCUT2D eigenvalue weighted by Gasteiger charge is -2.11. The number of aromatic nitrogens is 1. The van der Waals surface area contributed by atoms with Crippen LogP contribution in [-0.4, -0.2) is 25.2 Å². The number of anilines is 1. The van der Waals surface area contributed by atoms with Gasteiger partial charge in [-0.3, -0.25) is 0 Å². The van der Waals surface area contributed by atoms with Crippen LogP contribution >= 0.6 is 34.9 Å². The molecule has 2 aromatic carbocycles. The predicted octanol–water partition coefficient (Wildman–Crippen LogP) is 4.86. The second kappa shape index (κ2) is 7.29. The van der Waals surface area contributed by atoms with Gasteiger partial charge in [0, 0.05) is 4.90 Å². The molecule has 0 aliphatic rings. The quantitative estimate of drug-likeness (QED) is 0.503. The molecule has 0 aliphatic carbocycles. The van der Waals surface area contributed by atoms with E-state index in [0.717, 1.165) is 20.8 Å². The van der Waals surface area contributed by atoms with Crippen molar-refractivity contribution in [2.45, 2.75) is 4.90 Å². The van der Waals surface area contributed by atoms with Crippen LogP contribution in [0.2, 0.25) is 4.47 Å². The van der Waals surface area contributed by atoms with Gasteiger partial charge in [-0.25, -0.2) is 9.78 Å². The molecular weight excluding hydrogens is 368 g/mol. The van der Waals surface area contributed by atoms with Gasteiger partial charge in [-0.05, 0) is 48.3 Å². The number of hydrogen-bond acceptors (Lipinski definition) is 7. The molecule has 0 spiro atoms. The Morgan fingerprint density at radius 1 is 1.25 bits per heavy atom. The van der Waals surface area contributed by atoms with E-state index in [9.17, 15) is 4.79 Å². The number of benzene rings is 2. The molecule has 0 fully saturated rings. The summed E-state index contributed by atoms with van der Waals surface area (Å²) in [5.41, 5.74) is 2.06. The molecule has 0 saturated heterocycles. The number of nitrogens with one attached hydrogen (secondary N) is 1. The van der Waals surface area contributed by atoms with Crippen LogP contribution < -0.4 is 9.46 Å². The molecule has 8 heteroatoms. The minimum atomic E-state index is -0.404. The molecule has 1 heterocycles. The number of carbonyl (C=O) groups is 1. The van der Waals surface area contributed by atoms with E-state index in [1.54, 1.807) is 25.3 Å². The lowest BCUT2D eigenvalue weighted by molar-refractivity contribution is 0.0600. The Morgan fingerprint density at radius 3 is 2.83 bits per heavy atom. The van der Waals surface area contributed by atoms with E-state index in [0.29, 0.717) is 15.8 Å². The molecular formula is C16H13ClN2O3S2. The van der Waals surface area contributed by atoms with Gasteiger partial charge in [0.2, 0.25) is 0 Å². The summed E-state index contributed by atoms with van der Waals surface area (Å²) in [4.78, 5) is 16.8. The van der Waals surface area contributed by atoms with Gasteiger partial charge < -0.3 is 14.2 Å². The van der Waals surface area contributed by atoms with Crippen molar-refractivity contribution in [3.05, 3.63) is 46.4 Å². The zero-order valence-electron chi connectivity index (χ0n) is 12.8. The molecule has 0 atom stereocenters. The topological polar surface area (TPSA) is 60.5 Å². The molecule has 0 aliphatic heterocycles. The average molecular weight is 381 g/mol. The summed E-state index contributed by atoms with van der Waals surface area (Å²) in [5, 5.41) is 0. The van der Waals surface area contributed by atoms with Crippen LogP contribution in [0.1, 0.15) is 10.4 Å². The third-order valence-corrected chi connectivity index (χ3v) is 5.19. The van der Waals surface area contributed by atoms with Gasteiger partial charge in [-0.1, -0.05) is 11.6 Å². The van der Waals surface area contributed by atoms with Gasteiger partial charge in [0.15, 0.2) is 4.47 Å². The van der Waals surface area contributed by atoms with Gasteiger partial charge in [0.25, 0.3) is 0 Å². The Labute approximate surface area is 152 Å². The monoisotopic (exact) mass is 380 g/mol. The molecule has 3 aromatic rings. The van der Waals surface area contributed by atoms with Crippen molar-refractivity contribution in [3.63, 3.8) is 0 Å². The summed E-state index contributed by atoms with van der Waals surface area (Å²) >= 11 is 8.80. The van der Waals surface area contributed by atoms with E-state index in [2.05, 4.69) is 9.71 Å². The third kappa shape index (κ3) is 3.58. The van der Waals surface area contributed by atoms with Gasteiger partial charge >= 0.3 is 5.97 Å². The fourth-order valence-corrected chi connectivity index (χ4v) is 3.79. The van der Waals surface area contributed by atoms with E-state index < -0.39 is 5.97 Å². The standard InChI is InChI=1S/C16H13ClN2O3S2/c1-21-13-7-9(15(20)22-2)3-5-11(13)19-24-10-4-6-14-12(8-10)18-16(17)23-14/h3-8,19H,1-2H3. The minimum absolute atomic E-state index is 0.404. The van der Waals surface area contributed by atoms with Crippen molar-refractivity contribution in [1.29, 1.82) is 0 Å². The number of esters is 1. The van der Waals surface area contributed by atoms with Crippen molar-refractivity contribution in [2.75, 3.05) is 18.9 Å². The van der Waals surface area contributed by atoms with Crippen molar-refractivity contribution >= 4 is 56.8 Å². The fourth-order valence-electron chi connectivity index (χ4n) is 2.08. The molecule has 3 rings (SSSR count). The van der Waals surface area contributed by atoms with Gasteiger partial charge in [-0.15, -0.1) is 11.3 Å². The second-order valence-corrected chi connectivity index (χ2v) is 7.20. The highest BCUT2D eigenvalue weighted by molar-refractivity contribution is 8.00. The maximum atomic E-state index is 11.6. The van der Waals surface area contributed by atoms with Crippen molar-refractivity contribution in [1.82, 2.24) is 4.98 Å². The molecule has 1 N–H and O–H groups in total. The van der Waals surface area contributed by atoms with Crippen molar-refractivity contribution < 1.29 is 14.3 Å². The minimum Gasteiger partial charge on any atom is -0.495 e. The zero-order valence-corrected chi connectivity index (χ0v) is 15.2. The Morgan fingerprint density at radius 2 is 2.08 bits per heavy atom. The summed E-state index contributed by atoms with van der Waals surface area (Å²) < 4.78 is 14.8. The highest BCUT2D eigenvalue weighted by atomic mass is 35.5. The Balaban J connectivity index is 1.78. The third-order valence-electron chi connectivity index (χ3n) is 3.23. The van der Waals surface area contributed by atoms with Gasteiger partial charge in [0.05, 0.1) is 35.7 Å². The van der Waals surface area contributed by atoms with E-state index >= 15 is 0 Å². The van der Waals surface area contributed by atoms with Crippen molar-refractivity contribution in [3.8, 4) is 5.75 Å². The predicted molar refractivity (Wildman–Crippen MR) is 98.4 cm³/mol. The first kappa shape index (κ1) is 16.9. The second-order valence-electron chi connectivity index (χ2n) is 4.71. The zero-order chi connectivity index (χ0) is 17.1. The average Bonchev–Trinajstić information content (AvgIpc) is 2.98. The molecule has 1 aromatic heterocycles. The van der Waals surface area contributed by atoms with E-state index in [1.807, 2.05) is 18.2 Å². The van der Waals surface area contributed by atoms with Crippen LogP contribution in [0.4, 0.5) is 5.69 Å². The van der Waals surface area contributed by atoms with E-state index in [4.69, 9.17) is 21.1 Å². The van der Waals surface area contributed by atoms with Crippen LogP contribution in [0.25, 0.3) is 10.2 Å². The number of halogens is 1. The Hall–Kier alpha value is -1.96. The number of fused-ring (bicyclic) bond motifs is 1. The number of carbonyl (C=O) groups excluding carboxylic acids is 1. The number of rotatable bonds is 5. The molecule has 0 radical (unpaired) electrons. The van der Waals surface area contributed by atoms with Gasteiger partial charge in [-0.2, -0.15) is 0 Å². The van der Waals surface area contributed by atoms with Crippen LogP contribution in [0, 0.1) is 0 Å². The van der Waals surface area contributed by atoms with Crippen LogP contribution in [0.15, 0.2) is 41.3 Å². The van der Waals surface area contributed by atoms with Gasteiger partial charge in [0.1, 0.15) is 5.75 Å². The molecule has 0 unspecified atom stereocenters. The summed E-state index contributed by atoms with van der Waals surface area (Å²) in [6.07, 6.45) is 0. The van der Waals surface area contributed by atoms with Crippen LogP contribution in [-0.2, 0) is 4.74 Å². The SMILES string of the molecule is COC(=O)c1ccc(NSc2ccc3sc(Cl)nc3c2)c(OC)c1. The van der Waals surface area contributed by atoms with E-state index in [1.165, 1.54) is 30.4 Å². The normalized spacial score (nSPS) is 10.6. The molecule has 0 bridgehead atoms. The highest BCUT2D eigenvalue weighted by Crippen LogP contribution is 2.33. The number of ether oxygens (including phenoxy) is 2. The summed E-state index contributed by atoms with van der Waals surface area (Å²) in [7, 11) is 2.90. The smallest absolute Gasteiger partial charge is 0.337 e. The maximum absolute atomic E-state index is 11.6.